The van der Waals surface area contributed by atoms with Gasteiger partial charge in [-0.1, -0.05) is 13.8 Å². The van der Waals surface area contributed by atoms with Gasteiger partial charge in [0.25, 0.3) is 0 Å². The summed E-state index contributed by atoms with van der Waals surface area (Å²) in [7, 11) is 0. The summed E-state index contributed by atoms with van der Waals surface area (Å²) >= 11 is 0. The zero-order chi connectivity index (χ0) is 14.4. The van der Waals surface area contributed by atoms with Gasteiger partial charge in [0.05, 0.1) is 0 Å². The summed E-state index contributed by atoms with van der Waals surface area (Å²) in [6.07, 6.45) is 16.6. The molecule has 0 aliphatic heterocycles. The Morgan fingerprint density at radius 1 is 1.15 bits per heavy atom. The molecular formula is C19H28O. The van der Waals surface area contributed by atoms with Crippen LogP contribution in [0, 0.1) is 34.5 Å². The molecule has 1 nitrogen and oxygen atoms in total. The largest absolute Gasteiger partial charge is 0.300 e. The van der Waals surface area contributed by atoms with E-state index >= 15 is 0 Å². The first-order chi connectivity index (χ1) is 9.36. The summed E-state index contributed by atoms with van der Waals surface area (Å²) in [6.45, 7) is 4.96. The highest BCUT2D eigenvalue weighted by Crippen LogP contribution is 2.70. The third-order valence-corrected chi connectivity index (χ3v) is 6.09. The Morgan fingerprint density at radius 3 is 2.35 bits per heavy atom. The summed E-state index contributed by atoms with van der Waals surface area (Å²) in [5.74, 6) is 4.00. The van der Waals surface area contributed by atoms with Crippen LogP contribution in [0.2, 0.25) is 0 Å². The van der Waals surface area contributed by atoms with Crippen molar-refractivity contribution in [1.29, 1.82) is 0 Å². The fraction of sp³-hybridized carbons (Fsp3) is 0.842. The van der Waals surface area contributed by atoms with Crippen LogP contribution in [0.15, 0.2) is 0 Å². The molecule has 0 aromatic heterocycles. The highest BCUT2D eigenvalue weighted by Gasteiger charge is 2.60. The minimum atomic E-state index is 0.343. The second kappa shape index (κ2) is 4.62. The highest BCUT2D eigenvalue weighted by molar-refractivity contribution is 5.79. The van der Waals surface area contributed by atoms with Crippen LogP contribution in [-0.2, 0) is 4.79 Å². The van der Waals surface area contributed by atoms with E-state index in [-0.39, 0.29) is 0 Å². The van der Waals surface area contributed by atoms with Crippen LogP contribution < -0.4 is 0 Å². The maximum atomic E-state index is 12.3. The number of hydrogen-bond acceptors (Lipinski definition) is 1. The average molecular weight is 272 g/mol. The fourth-order valence-electron chi connectivity index (χ4n) is 6.78. The standard InChI is InChI=1S/C19H28O/c1-4-5-6-7-16(20)11-19-10-15-8-17(2,13-19)12-18(3,9-15)14-19/h1,15H,5-14H2,2-3H3. The maximum Gasteiger partial charge on any atom is 0.133 e. The van der Waals surface area contributed by atoms with Gasteiger partial charge in [0.2, 0.25) is 0 Å². The molecule has 20 heavy (non-hydrogen) atoms. The molecule has 4 aliphatic carbocycles. The Bertz CT molecular complexity index is 437. The molecule has 0 heterocycles. The molecule has 110 valence electrons. The van der Waals surface area contributed by atoms with E-state index in [1.165, 1.54) is 38.5 Å². The lowest BCUT2D eigenvalue weighted by Crippen LogP contribution is -2.55. The predicted octanol–water partition coefficient (Wildman–Crippen LogP) is 4.75. The lowest BCUT2D eigenvalue weighted by atomic mass is 9.39. The normalized spacial score (nSPS) is 45.4. The number of rotatable bonds is 5. The molecule has 4 bridgehead atoms. The van der Waals surface area contributed by atoms with Crippen molar-refractivity contribution in [2.24, 2.45) is 22.2 Å². The van der Waals surface area contributed by atoms with E-state index in [0.717, 1.165) is 25.2 Å². The molecule has 0 radical (unpaired) electrons. The molecular weight excluding hydrogens is 244 g/mol. The molecule has 4 fully saturated rings. The van der Waals surface area contributed by atoms with E-state index in [1.54, 1.807) is 0 Å². The smallest absolute Gasteiger partial charge is 0.133 e. The van der Waals surface area contributed by atoms with E-state index in [4.69, 9.17) is 6.42 Å². The molecule has 1 heteroatoms. The summed E-state index contributed by atoms with van der Waals surface area (Å²) in [5, 5.41) is 0. The second-order valence-corrected chi connectivity index (χ2v) is 8.90. The van der Waals surface area contributed by atoms with Gasteiger partial charge in [-0.3, -0.25) is 4.79 Å². The van der Waals surface area contributed by atoms with E-state index in [2.05, 4.69) is 19.8 Å². The molecule has 2 unspecified atom stereocenters. The molecule has 4 aliphatic rings. The topological polar surface area (TPSA) is 17.1 Å². The first-order valence-electron chi connectivity index (χ1n) is 8.31. The van der Waals surface area contributed by atoms with Crippen molar-refractivity contribution in [1.82, 2.24) is 0 Å². The van der Waals surface area contributed by atoms with E-state index in [9.17, 15) is 4.79 Å². The molecule has 4 saturated carbocycles. The van der Waals surface area contributed by atoms with Crippen molar-refractivity contribution in [2.75, 3.05) is 0 Å². The van der Waals surface area contributed by atoms with Gasteiger partial charge in [0.1, 0.15) is 5.78 Å². The Balaban J connectivity index is 1.70. The molecule has 4 rings (SSSR count). The number of carbonyl (C=O) groups excluding carboxylic acids is 1. The quantitative estimate of drug-likeness (QED) is 0.521. The number of Topliss-reactive ketones (excluding diaryl/α,β-unsaturated/α-hetero) is 1. The van der Waals surface area contributed by atoms with E-state index < -0.39 is 0 Å². The second-order valence-electron chi connectivity index (χ2n) is 8.90. The average Bonchev–Trinajstić information content (AvgIpc) is 2.22. The van der Waals surface area contributed by atoms with Crippen LogP contribution in [0.5, 0.6) is 0 Å². The first-order valence-corrected chi connectivity index (χ1v) is 8.31. The van der Waals surface area contributed by atoms with Gasteiger partial charge in [0, 0.05) is 19.3 Å². The van der Waals surface area contributed by atoms with Gasteiger partial charge in [-0.05, 0) is 67.1 Å². The summed E-state index contributed by atoms with van der Waals surface area (Å²) in [4.78, 5) is 12.3. The molecule has 2 atom stereocenters. The monoisotopic (exact) mass is 272 g/mol. The number of hydrogen-bond donors (Lipinski definition) is 0. The van der Waals surface area contributed by atoms with Gasteiger partial charge < -0.3 is 0 Å². The number of ketones is 1. The molecule has 0 amide bonds. The van der Waals surface area contributed by atoms with Crippen molar-refractivity contribution in [3.63, 3.8) is 0 Å². The predicted molar refractivity (Wildman–Crippen MR) is 82.1 cm³/mol. The summed E-state index contributed by atoms with van der Waals surface area (Å²) in [6, 6.07) is 0. The number of terminal acetylenes is 1. The van der Waals surface area contributed by atoms with Crippen LogP contribution in [0.1, 0.15) is 78.1 Å². The first kappa shape index (κ1) is 14.2. The van der Waals surface area contributed by atoms with Crippen molar-refractivity contribution in [2.45, 2.75) is 78.1 Å². The zero-order valence-electron chi connectivity index (χ0n) is 13.1. The van der Waals surface area contributed by atoms with Crippen LogP contribution in [0.3, 0.4) is 0 Å². The lowest BCUT2D eigenvalue weighted by molar-refractivity contribution is -0.155. The van der Waals surface area contributed by atoms with Crippen molar-refractivity contribution < 1.29 is 4.79 Å². The summed E-state index contributed by atoms with van der Waals surface area (Å²) in [5.41, 5.74) is 1.39. The van der Waals surface area contributed by atoms with Gasteiger partial charge in [0.15, 0.2) is 0 Å². The van der Waals surface area contributed by atoms with E-state index in [0.29, 0.717) is 28.4 Å². The van der Waals surface area contributed by atoms with Crippen LogP contribution in [-0.4, -0.2) is 5.78 Å². The molecule has 0 N–H and O–H groups in total. The minimum Gasteiger partial charge on any atom is -0.300 e. The third kappa shape index (κ3) is 2.54. The molecule has 0 spiro atoms. The zero-order valence-corrected chi connectivity index (χ0v) is 13.1. The molecule has 0 aromatic rings. The van der Waals surface area contributed by atoms with Gasteiger partial charge in [-0.2, -0.15) is 0 Å². The Hall–Kier alpha value is -0.770. The SMILES string of the molecule is C#CCCCC(=O)CC12CC3CC(C)(CC(C)(C3)C1)C2. The van der Waals surface area contributed by atoms with Crippen LogP contribution in [0.25, 0.3) is 0 Å². The number of unbranched alkanes of at least 4 members (excludes halogenated alkanes) is 1. The van der Waals surface area contributed by atoms with Crippen molar-refractivity contribution in [3.05, 3.63) is 0 Å². The van der Waals surface area contributed by atoms with E-state index in [1.807, 2.05) is 0 Å². The Morgan fingerprint density at radius 2 is 1.80 bits per heavy atom. The van der Waals surface area contributed by atoms with Crippen LogP contribution >= 0.6 is 0 Å². The van der Waals surface area contributed by atoms with Crippen molar-refractivity contribution in [3.8, 4) is 12.3 Å². The van der Waals surface area contributed by atoms with Gasteiger partial charge in [-0.25, -0.2) is 0 Å². The highest BCUT2D eigenvalue weighted by atomic mass is 16.1. The maximum absolute atomic E-state index is 12.3. The number of carbonyl (C=O) groups is 1. The Kier molecular flexibility index (Phi) is 3.27. The molecule has 0 saturated heterocycles. The Labute approximate surface area is 123 Å². The fourth-order valence-corrected chi connectivity index (χ4v) is 6.78. The van der Waals surface area contributed by atoms with Crippen molar-refractivity contribution >= 4 is 5.78 Å². The van der Waals surface area contributed by atoms with Gasteiger partial charge >= 0.3 is 0 Å². The van der Waals surface area contributed by atoms with Gasteiger partial charge in [-0.15, -0.1) is 12.3 Å². The summed E-state index contributed by atoms with van der Waals surface area (Å²) < 4.78 is 0. The lowest BCUT2D eigenvalue weighted by Gasteiger charge is -2.65. The molecule has 0 aromatic carbocycles. The third-order valence-electron chi connectivity index (χ3n) is 6.09. The van der Waals surface area contributed by atoms with Crippen LogP contribution in [0.4, 0.5) is 0 Å². The minimum absolute atomic E-state index is 0.343.